The minimum absolute atomic E-state index is 0.00181. The van der Waals surface area contributed by atoms with Gasteiger partial charge >= 0.3 is 23.9 Å². The van der Waals surface area contributed by atoms with Gasteiger partial charge in [-0.05, 0) is 71.4 Å². The summed E-state index contributed by atoms with van der Waals surface area (Å²) in [7, 11) is 0. The Hall–Kier alpha value is -2.16. The van der Waals surface area contributed by atoms with Crippen molar-refractivity contribution in [3.8, 4) is 0 Å². The Kier molecular flexibility index (Phi) is 17.7. The van der Waals surface area contributed by atoms with E-state index in [0.717, 1.165) is 19.5 Å². The molecule has 9 nitrogen and oxygen atoms in total. The number of ether oxygens (including phenoxy) is 4. The fraction of sp³-hybridized carbons (Fsp3) is 0.867. The average molecular weight is 556 g/mol. The van der Waals surface area contributed by atoms with Crippen molar-refractivity contribution < 1.29 is 38.1 Å². The summed E-state index contributed by atoms with van der Waals surface area (Å²) in [5.74, 6) is -0.946. The number of esters is 4. The van der Waals surface area contributed by atoms with Gasteiger partial charge < -0.3 is 23.8 Å². The topological polar surface area (TPSA) is 108 Å². The maximum Gasteiger partial charge on any atom is 0.306 e. The van der Waals surface area contributed by atoms with Crippen LogP contribution in [0.2, 0.25) is 0 Å². The van der Waals surface area contributed by atoms with Crippen molar-refractivity contribution >= 4 is 23.9 Å². The van der Waals surface area contributed by atoms with E-state index in [4.69, 9.17) is 18.9 Å². The molecule has 1 aliphatic heterocycles. The van der Waals surface area contributed by atoms with Crippen LogP contribution in [-0.4, -0.2) is 72.8 Å². The number of rotatable bonds is 19. The highest BCUT2D eigenvalue weighted by Gasteiger charge is 2.36. The zero-order valence-electron chi connectivity index (χ0n) is 25.2. The molecule has 1 saturated heterocycles. The lowest BCUT2D eigenvalue weighted by Crippen LogP contribution is -2.45. The number of piperidine rings is 1. The highest BCUT2D eigenvalue weighted by molar-refractivity contribution is 5.71. The van der Waals surface area contributed by atoms with Gasteiger partial charge in [-0.25, -0.2) is 0 Å². The molecule has 39 heavy (non-hydrogen) atoms. The van der Waals surface area contributed by atoms with Crippen molar-refractivity contribution in [3.63, 3.8) is 0 Å². The molecule has 1 rings (SSSR count). The second-order valence-corrected chi connectivity index (χ2v) is 10.6. The van der Waals surface area contributed by atoms with Crippen LogP contribution in [0.5, 0.6) is 0 Å². The Morgan fingerprint density at radius 1 is 0.821 bits per heavy atom. The summed E-state index contributed by atoms with van der Waals surface area (Å²) in [6.07, 6.45) is 4.40. The molecule has 0 saturated carbocycles. The Morgan fingerprint density at radius 2 is 1.41 bits per heavy atom. The summed E-state index contributed by atoms with van der Waals surface area (Å²) in [4.78, 5) is 51.9. The van der Waals surface area contributed by atoms with Gasteiger partial charge in [0.15, 0.2) is 6.10 Å². The summed E-state index contributed by atoms with van der Waals surface area (Å²) in [5.41, 5.74) is 0. The number of hydrogen-bond acceptors (Lipinski definition) is 9. The lowest BCUT2D eigenvalue weighted by Gasteiger charge is -2.39. The monoisotopic (exact) mass is 555 g/mol. The van der Waals surface area contributed by atoms with E-state index in [1.807, 2.05) is 20.8 Å². The third-order valence-corrected chi connectivity index (χ3v) is 7.35. The van der Waals surface area contributed by atoms with Gasteiger partial charge in [0.1, 0.15) is 12.2 Å². The smallest absolute Gasteiger partial charge is 0.306 e. The maximum absolute atomic E-state index is 12.8. The zero-order chi connectivity index (χ0) is 29.2. The van der Waals surface area contributed by atoms with E-state index in [9.17, 15) is 19.2 Å². The molecule has 9 heteroatoms. The van der Waals surface area contributed by atoms with E-state index in [0.29, 0.717) is 44.1 Å². The molecule has 226 valence electrons. The van der Waals surface area contributed by atoms with E-state index in [1.54, 1.807) is 6.92 Å². The molecule has 0 aromatic heterocycles. The summed E-state index contributed by atoms with van der Waals surface area (Å²) < 4.78 is 22.3. The van der Waals surface area contributed by atoms with Gasteiger partial charge in [0.25, 0.3) is 0 Å². The molecule has 0 aromatic carbocycles. The van der Waals surface area contributed by atoms with Crippen LogP contribution in [0.25, 0.3) is 0 Å². The molecule has 0 aliphatic carbocycles. The molecule has 1 heterocycles. The van der Waals surface area contributed by atoms with Crippen LogP contribution in [0.1, 0.15) is 119 Å². The van der Waals surface area contributed by atoms with Crippen molar-refractivity contribution in [2.75, 3.05) is 19.7 Å². The predicted molar refractivity (Wildman–Crippen MR) is 149 cm³/mol. The first-order valence-corrected chi connectivity index (χ1v) is 15.1. The van der Waals surface area contributed by atoms with Crippen LogP contribution >= 0.6 is 0 Å². The molecular weight excluding hydrogens is 502 g/mol. The van der Waals surface area contributed by atoms with Gasteiger partial charge in [-0.3, -0.25) is 19.2 Å². The van der Waals surface area contributed by atoms with E-state index >= 15 is 0 Å². The first-order valence-electron chi connectivity index (χ1n) is 15.1. The summed E-state index contributed by atoms with van der Waals surface area (Å²) in [6, 6.07) is 0.506. The van der Waals surface area contributed by atoms with Gasteiger partial charge in [0, 0.05) is 38.1 Å². The maximum atomic E-state index is 12.8. The Bertz CT molecular complexity index is 742. The van der Waals surface area contributed by atoms with Crippen molar-refractivity contribution in [1.82, 2.24) is 4.90 Å². The fourth-order valence-electron chi connectivity index (χ4n) is 5.10. The average Bonchev–Trinajstić information content (AvgIpc) is 2.88. The Morgan fingerprint density at radius 3 is 2.03 bits per heavy atom. The number of carbonyl (C=O) groups is 4. The molecule has 0 bridgehead atoms. The third-order valence-electron chi connectivity index (χ3n) is 7.35. The molecule has 1 fully saturated rings. The van der Waals surface area contributed by atoms with Gasteiger partial charge in [0.05, 0.1) is 6.61 Å². The third kappa shape index (κ3) is 13.6. The number of hydrogen-bond donors (Lipinski definition) is 0. The molecule has 0 amide bonds. The van der Waals surface area contributed by atoms with Crippen molar-refractivity contribution in [3.05, 3.63) is 0 Å². The second-order valence-electron chi connectivity index (χ2n) is 10.6. The Labute approximate surface area is 235 Å². The van der Waals surface area contributed by atoms with Crippen LogP contribution in [0, 0.1) is 5.92 Å². The molecule has 2 unspecified atom stereocenters. The molecule has 0 N–H and O–H groups in total. The van der Waals surface area contributed by atoms with E-state index in [-0.39, 0.29) is 44.2 Å². The fourth-order valence-corrected chi connectivity index (χ4v) is 5.10. The lowest BCUT2D eigenvalue weighted by atomic mass is 9.88. The molecule has 5 atom stereocenters. The number of nitrogens with zero attached hydrogens (tertiary/aromatic N) is 1. The number of likely N-dealkylation sites (tertiary alicyclic amines) is 1. The van der Waals surface area contributed by atoms with E-state index < -0.39 is 30.3 Å². The normalized spacial score (nSPS) is 19.9. The highest BCUT2D eigenvalue weighted by atomic mass is 16.6. The number of carbonyl (C=O) groups excluding carboxylic acids is 4. The van der Waals surface area contributed by atoms with E-state index in [1.165, 1.54) is 12.8 Å². The molecule has 0 aromatic rings. The largest absolute Gasteiger partial charge is 0.466 e. The van der Waals surface area contributed by atoms with Crippen LogP contribution in [0.3, 0.4) is 0 Å². The predicted octanol–water partition coefficient (Wildman–Crippen LogP) is 5.37. The first-order chi connectivity index (χ1) is 18.7. The Balaban J connectivity index is 2.85. The zero-order valence-corrected chi connectivity index (χ0v) is 25.2. The van der Waals surface area contributed by atoms with Crippen LogP contribution in [0.4, 0.5) is 0 Å². The standard InChI is InChI=1S/C30H53NO8/c1-7-13-26(32)36-21-18-25(38-27(33)14-8-2)30(39-28(34)15-9-3)23(6)37-29(35)17-12-20-31-19-11-16-24(10-4)22(31)5/h22-25,30H,7-21H2,1-6H3/t22?,23-,24?,25+,30+/m0/s1. The molecular formula is C30H53NO8. The first kappa shape index (κ1) is 34.9. The van der Waals surface area contributed by atoms with Gasteiger partial charge in [0.2, 0.25) is 0 Å². The van der Waals surface area contributed by atoms with Crippen molar-refractivity contribution in [2.45, 2.75) is 143 Å². The summed E-state index contributed by atoms with van der Waals surface area (Å²) >= 11 is 0. The molecule has 0 spiro atoms. The van der Waals surface area contributed by atoms with Gasteiger partial charge in [-0.2, -0.15) is 0 Å². The minimum atomic E-state index is -1.01. The summed E-state index contributed by atoms with van der Waals surface area (Å²) in [5, 5.41) is 0. The molecule has 0 radical (unpaired) electrons. The second kappa shape index (κ2) is 19.8. The highest BCUT2D eigenvalue weighted by Crippen LogP contribution is 2.26. The van der Waals surface area contributed by atoms with E-state index in [2.05, 4.69) is 18.7 Å². The van der Waals surface area contributed by atoms with Crippen LogP contribution in [-0.2, 0) is 38.1 Å². The minimum Gasteiger partial charge on any atom is -0.466 e. The van der Waals surface area contributed by atoms with Crippen LogP contribution < -0.4 is 0 Å². The van der Waals surface area contributed by atoms with Crippen molar-refractivity contribution in [1.29, 1.82) is 0 Å². The lowest BCUT2D eigenvalue weighted by molar-refractivity contribution is -0.186. The van der Waals surface area contributed by atoms with Crippen molar-refractivity contribution in [2.24, 2.45) is 5.92 Å². The summed E-state index contributed by atoms with van der Waals surface area (Å²) in [6.45, 7) is 13.6. The SMILES string of the molecule is CCCC(=O)OCC[C@@H](OC(=O)CCC)[C@H](OC(=O)CCC)[C@H](C)OC(=O)CCCN1CCCC(CC)C1C. The van der Waals surface area contributed by atoms with Gasteiger partial charge in [-0.1, -0.05) is 34.1 Å². The van der Waals surface area contributed by atoms with Crippen LogP contribution in [0.15, 0.2) is 0 Å². The quantitative estimate of drug-likeness (QED) is 0.154. The molecule has 1 aliphatic rings. The van der Waals surface area contributed by atoms with Gasteiger partial charge in [-0.15, -0.1) is 0 Å².